The van der Waals surface area contributed by atoms with Gasteiger partial charge in [-0.1, -0.05) is 6.07 Å². The second-order valence-electron chi connectivity index (χ2n) is 4.50. The highest BCUT2D eigenvalue weighted by molar-refractivity contribution is 14.0. The Morgan fingerprint density at radius 2 is 2.10 bits per heavy atom. The monoisotopic (exact) mass is 401 g/mol. The van der Waals surface area contributed by atoms with E-state index in [0.29, 0.717) is 12.5 Å². The number of rotatable bonds is 4. The predicted octanol–water partition coefficient (Wildman–Crippen LogP) is 3.45. The fourth-order valence-electron chi connectivity index (χ4n) is 1.90. The summed E-state index contributed by atoms with van der Waals surface area (Å²) >= 11 is 0. The second kappa shape index (κ2) is 7.92. The molecule has 0 aliphatic carbocycles. The number of anilines is 1. The minimum atomic E-state index is 0. The molecule has 1 heterocycles. The first-order valence-electron chi connectivity index (χ1n) is 6.35. The van der Waals surface area contributed by atoms with Crippen LogP contribution in [0.2, 0.25) is 0 Å². The van der Waals surface area contributed by atoms with Crippen LogP contribution in [0.1, 0.15) is 17.1 Å². The van der Waals surface area contributed by atoms with E-state index in [1.54, 1.807) is 7.11 Å². The van der Waals surface area contributed by atoms with Crippen LogP contribution in [0.3, 0.4) is 0 Å². The van der Waals surface area contributed by atoms with Crippen molar-refractivity contribution in [2.45, 2.75) is 20.4 Å². The lowest BCUT2D eigenvalue weighted by Gasteiger charge is -2.07. The van der Waals surface area contributed by atoms with Crippen molar-refractivity contribution < 1.29 is 9.15 Å². The van der Waals surface area contributed by atoms with Gasteiger partial charge in [0, 0.05) is 17.3 Å². The van der Waals surface area contributed by atoms with Gasteiger partial charge in [-0.15, -0.1) is 24.0 Å². The minimum Gasteiger partial charge on any atom is -0.497 e. The molecule has 0 spiro atoms. The van der Waals surface area contributed by atoms with Gasteiger partial charge in [-0.2, -0.15) is 0 Å². The SMILES string of the molecule is COc1cccc(NC(N)=NCc2cc(C)oc2C)c1.I. The Balaban J connectivity index is 0.00000220. The summed E-state index contributed by atoms with van der Waals surface area (Å²) in [6.07, 6.45) is 0. The number of hydrogen-bond acceptors (Lipinski definition) is 3. The number of aryl methyl sites for hydroxylation is 2. The minimum absolute atomic E-state index is 0. The lowest BCUT2D eigenvalue weighted by Crippen LogP contribution is -2.22. The maximum Gasteiger partial charge on any atom is 0.193 e. The molecule has 2 aromatic rings. The highest BCUT2D eigenvalue weighted by Gasteiger charge is 2.04. The predicted molar refractivity (Wildman–Crippen MR) is 95.5 cm³/mol. The number of nitrogens with zero attached hydrogens (tertiary/aromatic N) is 1. The van der Waals surface area contributed by atoms with Crippen LogP contribution < -0.4 is 15.8 Å². The standard InChI is InChI=1S/C15H19N3O2.HI/c1-10-7-12(11(2)20-10)9-17-15(16)18-13-5-4-6-14(8-13)19-3;/h4-8H,9H2,1-3H3,(H3,16,17,18);1H. The van der Waals surface area contributed by atoms with Crippen LogP contribution in [-0.4, -0.2) is 13.1 Å². The number of guanidine groups is 1. The summed E-state index contributed by atoms with van der Waals surface area (Å²) in [5.74, 6) is 2.88. The number of hydrogen-bond donors (Lipinski definition) is 2. The van der Waals surface area contributed by atoms with Crippen LogP contribution in [0, 0.1) is 13.8 Å². The van der Waals surface area contributed by atoms with Gasteiger partial charge >= 0.3 is 0 Å². The molecule has 0 atom stereocenters. The molecule has 1 aromatic carbocycles. The van der Waals surface area contributed by atoms with Gasteiger partial charge in [0.1, 0.15) is 17.3 Å². The van der Waals surface area contributed by atoms with Crippen molar-refractivity contribution in [3.63, 3.8) is 0 Å². The summed E-state index contributed by atoms with van der Waals surface area (Å²) in [7, 11) is 1.63. The number of ether oxygens (including phenoxy) is 1. The summed E-state index contributed by atoms with van der Waals surface area (Å²) in [6, 6.07) is 9.49. The highest BCUT2D eigenvalue weighted by atomic mass is 127. The van der Waals surface area contributed by atoms with Crippen LogP contribution >= 0.6 is 24.0 Å². The highest BCUT2D eigenvalue weighted by Crippen LogP contribution is 2.17. The third-order valence-corrected chi connectivity index (χ3v) is 2.91. The molecule has 0 bridgehead atoms. The summed E-state index contributed by atoms with van der Waals surface area (Å²) < 4.78 is 10.6. The zero-order valence-electron chi connectivity index (χ0n) is 12.3. The zero-order chi connectivity index (χ0) is 14.5. The van der Waals surface area contributed by atoms with E-state index >= 15 is 0 Å². The fraction of sp³-hybridized carbons (Fsp3) is 0.267. The molecule has 114 valence electrons. The fourth-order valence-corrected chi connectivity index (χ4v) is 1.90. The molecule has 2 rings (SSSR count). The van der Waals surface area contributed by atoms with E-state index < -0.39 is 0 Å². The first-order valence-corrected chi connectivity index (χ1v) is 6.35. The van der Waals surface area contributed by atoms with E-state index in [1.165, 1.54) is 0 Å². The van der Waals surface area contributed by atoms with E-state index in [9.17, 15) is 0 Å². The van der Waals surface area contributed by atoms with Crippen molar-refractivity contribution in [3.8, 4) is 5.75 Å². The number of benzene rings is 1. The van der Waals surface area contributed by atoms with Gasteiger partial charge in [0.25, 0.3) is 0 Å². The molecule has 21 heavy (non-hydrogen) atoms. The largest absolute Gasteiger partial charge is 0.497 e. The third kappa shape index (κ3) is 4.96. The zero-order valence-corrected chi connectivity index (χ0v) is 14.7. The molecule has 3 N–H and O–H groups in total. The van der Waals surface area contributed by atoms with Crippen molar-refractivity contribution in [3.05, 3.63) is 47.4 Å². The van der Waals surface area contributed by atoms with Gasteiger partial charge in [0.2, 0.25) is 0 Å². The molecule has 0 aliphatic heterocycles. The second-order valence-corrected chi connectivity index (χ2v) is 4.50. The van der Waals surface area contributed by atoms with Gasteiger partial charge in [0.05, 0.1) is 13.7 Å². The number of aliphatic imine (C=N–C) groups is 1. The average molecular weight is 401 g/mol. The molecule has 0 fully saturated rings. The Bertz CT molecular complexity index is 623. The van der Waals surface area contributed by atoms with Crippen LogP contribution in [0.4, 0.5) is 5.69 Å². The quantitative estimate of drug-likeness (QED) is 0.468. The maximum absolute atomic E-state index is 5.87. The lowest BCUT2D eigenvalue weighted by atomic mass is 10.2. The third-order valence-electron chi connectivity index (χ3n) is 2.91. The number of nitrogens with one attached hydrogen (secondary N) is 1. The van der Waals surface area contributed by atoms with Gasteiger partial charge in [-0.25, -0.2) is 4.99 Å². The van der Waals surface area contributed by atoms with Gasteiger partial charge in [-0.3, -0.25) is 0 Å². The van der Waals surface area contributed by atoms with Crippen LogP contribution in [0.5, 0.6) is 5.75 Å². The summed E-state index contributed by atoms with van der Waals surface area (Å²) in [5, 5.41) is 3.03. The average Bonchev–Trinajstić information content (AvgIpc) is 2.75. The van der Waals surface area contributed by atoms with E-state index in [1.807, 2.05) is 44.2 Å². The van der Waals surface area contributed by atoms with Crippen molar-refractivity contribution in [2.75, 3.05) is 12.4 Å². The topological polar surface area (TPSA) is 72.8 Å². The summed E-state index contributed by atoms with van der Waals surface area (Å²) in [5.41, 5.74) is 7.75. The van der Waals surface area contributed by atoms with E-state index in [0.717, 1.165) is 28.5 Å². The first kappa shape index (κ1) is 17.4. The Morgan fingerprint density at radius 3 is 2.71 bits per heavy atom. The van der Waals surface area contributed by atoms with Crippen LogP contribution in [-0.2, 0) is 6.54 Å². The number of furan rings is 1. The molecule has 1 aromatic heterocycles. The first-order chi connectivity index (χ1) is 9.58. The van der Waals surface area contributed by atoms with Crippen molar-refractivity contribution in [1.29, 1.82) is 0 Å². The Labute approximate surface area is 141 Å². The molecular formula is C15H20IN3O2. The molecular weight excluding hydrogens is 381 g/mol. The normalized spacial score (nSPS) is 10.9. The van der Waals surface area contributed by atoms with Crippen molar-refractivity contribution >= 4 is 35.6 Å². The van der Waals surface area contributed by atoms with Crippen molar-refractivity contribution in [2.24, 2.45) is 10.7 Å². The number of methoxy groups -OCH3 is 1. The number of nitrogens with two attached hydrogens (primary N) is 1. The van der Waals surface area contributed by atoms with E-state index in [4.69, 9.17) is 14.9 Å². The van der Waals surface area contributed by atoms with Gasteiger partial charge in [0.15, 0.2) is 5.96 Å². The Kier molecular flexibility index (Phi) is 6.54. The molecule has 0 saturated carbocycles. The molecule has 5 nitrogen and oxygen atoms in total. The molecule has 0 unspecified atom stereocenters. The molecule has 0 saturated heterocycles. The Morgan fingerprint density at radius 1 is 1.33 bits per heavy atom. The molecule has 0 aliphatic rings. The summed E-state index contributed by atoms with van der Waals surface area (Å²) in [6.45, 7) is 4.33. The van der Waals surface area contributed by atoms with E-state index in [-0.39, 0.29) is 24.0 Å². The smallest absolute Gasteiger partial charge is 0.193 e. The number of halogens is 1. The van der Waals surface area contributed by atoms with E-state index in [2.05, 4.69) is 10.3 Å². The molecule has 0 radical (unpaired) electrons. The van der Waals surface area contributed by atoms with Crippen molar-refractivity contribution in [1.82, 2.24) is 0 Å². The maximum atomic E-state index is 5.87. The molecule has 6 heteroatoms. The lowest BCUT2D eigenvalue weighted by molar-refractivity contribution is 0.415. The van der Waals surface area contributed by atoms with Gasteiger partial charge in [-0.05, 0) is 32.0 Å². The summed E-state index contributed by atoms with van der Waals surface area (Å²) in [4.78, 5) is 4.30. The molecule has 0 amide bonds. The van der Waals surface area contributed by atoms with Crippen LogP contribution in [0.25, 0.3) is 0 Å². The van der Waals surface area contributed by atoms with Crippen LogP contribution in [0.15, 0.2) is 39.7 Å². The van der Waals surface area contributed by atoms with Gasteiger partial charge < -0.3 is 20.2 Å². The Hall–Kier alpha value is -1.70.